The van der Waals surface area contributed by atoms with E-state index in [-0.39, 0.29) is 11.9 Å². The number of nitrogens with zero attached hydrogens (tertiary/aromatic N) is 1. The van der Waals surface area contributed by atoms with Crippen molar-refractivity contribution in [3.05, 3.63) is 24.2 Å². The molecule has 20 heavy (non-hydrogen) atoms. The van der Waals surface area contributed by atoms with Crippen molar-refractivity contribution in [1.82, 2.24) is 10.2 Å². The molecule has 1 aromatic heterocycles. The van der Waals surface area contributed by atoms with E-state index in [1.807, 2.05) is 19.1 Å². The van der Waals surface area contributed by atoms with Gasteiger partial charge < -0.3 is 15.5 Å². The van der Waals surface area contributed by atoms with Crippen molar-refractivity contribution < 1.29 is 9.21 Å². The number of carbonyl (C=O) groups is 1. The van der Waals surface area contributed by atoms with Gasteiger partial charge >= 0.3 is 0 Å². The van der Waals surface area contributed by atoms with Gasteiger partial charge in [-0.05, 0) is 44.5 Å². The van der Waals surface area contributed by atoms with Crippen molar-refractivity contribution >= 4 is 5.91 Å². The minimum atomic E-state index is -0.407. The molecule has 1 amide bonds. The van der Waals surface area contributed by atoms with E-state index in [0.717, 1.165) is 31.7 Å². The highest BCUT2D eigenvalue weighted by Gasteiger charge is 2.26. The van der Waals surface area contributed by atoms with Gasteiger partial charge in [0.2, 0.25) is 5.91 Å². The average molecular weight is 279 g/mol. The monoisotopic (exact) mass is 279 g/mol. The highest BCUT2D eigenvalue weighted by molar-refractivity contribution is 5.81. The number of likely N-dealkylation sites (tertiary alicyclic amines) is 1. The van der Waals surface area contributed by atoms with Gasteiger partial charge in [-0.15, -0.1) is 0 Å². The smallest absolute Gasteiger partial charge is 0.236 e. The maximum absolute atomic E-state index is 11.9. The molecule has 1 fully saturated rings. The van der Waals surface area contributed by atoms with E-state index in [1.54, 1.807) is 6.26 Å². The minimum absolute atomic E-state index is 0.0670. The molecule has 2 heterocycles. The lowest BCUT2D eigenvalue weighted by Gasteiger charge is -2.26. The average Bonchev–Trinajstić information content (AvgIpc) is 3.12. The molecule has 0 aromatic carbocycles. The predicted molar refractivity (Wildman–Crippen MR) is 78.1 cm³/mol. The second-order valence-corrected chi connectivity index (χ2v) is 5.41. The molecule has 1 unspecified atom stereocenters. The van der Waals surface area contributed by atoms with Crippen LogP contribution in [0.4, 0.5) is 0 Å². The Labute approximate surface area is 120 Å². The number of nitrogens with one attached hydrogen (secondary N) is 1. The number of nitrogens with two attached hydrogens (primary N) is 1. The first-order valence-corrected chi connectivity index (χ1v) is 7.53. The van der Waals surface area contributed by atoms with Gasteiger partial charge in [0.15, 0.2) is 0 Å². The summed E-state index contributed by atoms with van der Waals surface area (Å²) in [5.74, 6) is 0.846. The van der Waals surface area contributed by atoms with Crippen molar-refractivity contribution in [3.8, 4) is 0 Å². The van der Waals surface area contributed by atoms with Gasteiger partial charge in [-0.25, -0.2) is 0 Å². The van der Waals surface area contributed by atoms with Crippen molar-refractivity contribution in [2.45, 2.75) is 44.7 Å². The van der Waals surface area contributed by atoms with Crippen LogP contribution < -0.4 is 11.1 Å². The van der Waals surface area contributed by atoms with Gasteiger partial charge in [-0.1, -0.05) is 13.3 Å². The zero-order valence-corrected chi connectivity index (χ0v) is 12.2. The lowest BCUT2D eigenvalue weighted by molar-refractivity contribution is -0.122. The molecule has 1 aliphatic heterocycles. The second-order valence-electron chi connectivity index (χ2n) is 5.41. The summed E-state index contributed by atoms with van der Waals surface area (Å²) >= 11 is 0. The first kappa shape index (κ1) is 15.1. The summed E-state index contributed by atoms with van der Waals surface area (Å²) < 4.78 is 5.52. The third-order valence-corrected chi connectivity index (χ3v) is 3.86. The molecule has 1 aliphatic rings. The number of amides is 1. The lowest BCUT2D eigenvalue weighted by Crippen LogP contribution is -2.44. The molecular weight excluding hydrogens is 254 g/mol. The van der Waals surface area contributed by atoms with Crippen LogP contribution in [0.1, 0.15) is 44.4 Å². The molecule has 0 radical (unpaired) electrons. The summed E-state index contributed by atoms with van der Waals surface area (Å²) in [6.45, 7) is 4.71. The fraction of sp³-hybridized carbons (Fsp3) is 0.667. The molecule has 0 bridgehead atoms. The summed E-state index contributed by atoms with van der Waals surface area (Å²) in [5, 5.41) is 2.97. The Morgan fingerprint density at radius 2 is 2.25 bits per heavy atom. The normalized spacial score (nSPS) is 18.9. The molecule has 2 rings (SSSR count). The van der Waals surface area contributed by atoms with Crippen LogP contribution in [0.3, 0.4) is 0 Å². The van der Waals surface area contributed by atoms with E-state index >= 15 is 0 Å². The number of carbonyl (C=O) groups excluding carboxylic acids is 1. The zero-order chi connectivity index (χ0) is 14.4. The van der Waals surface area contributed by atoms with Crippen molar-refractivity contribution in [3.63, 3.8) is 0 Å². The molecule has 3 N–H and O–H groups in total. The molecule has 0 spiro atoms. The molecular formula is C15H25N3O2. The van der Waals surface area contributed by atoms with Crippen LogP contribution in [0.15, 0.2) is 22.8 Å². The minimum Gasteiger partial charge on any atom is -0.468 e. The lowest BCUT2D eigenvalue weighted by atomic mass is 10.1. The van der Waals surface area contributed by atoms with Crippen LogP contribution >= 0.6 is 0 Å². The van der Waals surface area contributed by atoms with Gasteiger partial charge in [0, 0.05) is 6.54 Å². The first-order valence-electron chi connectivity index (χ1n) is 7.53. The van der Waals surface area contributed by atoms with E-state index in [0.29, 0.717) is 6.54 Å². The van der Waals surface area contributed by atoms with Crippen molar-refractivity contribution in [1.29, 1.82) is 0 Å². The van der Waals surface area contributed by atoms with Crippen molar-refractivity contribution in [2.24, 2.45) is 5.73 Å². The Morgan fingerprint density at radius 1 is 1.50 bits per heavy atom. The predicted octanol–water partition coefficient (Wildman–Crippen LogP) is 1.66. The Hall–Kier alpha value is -1.33. The number of hydrogen-bond acceptors (Lipinski definition) is 4. The quantitative estimate of drug-likeness (QED) is 0.796. The Kier molecular flexibility index (Phi) is 5.61. The standard InChI is InChI=1S/C15H25N3O2/c1-2-6-12(16)15(19)17-11-13(14-7-5-10-20-14)18-8-3-4-9-18/h5,7,10,12-13H,2-4,6,8-9,11,16H2,1H3,(H,17,19)/t12-,13?/m0/s1. The van der Waals surface area contributed by atoms with Crippen LogP contribution in [0.25, 0.3) is 0 Å². The van der Waals surface area contributed by atoms with Gasteiger partial charge in [0.25, 0.3) is 0 Å². The zero-order valence-electron chi connectivity index (χ0n) is 12.2. The molecule has 1 saturated heterocycles. The number of rotatable bonds is 7. The van der Waals surface area contributed by atoms with Gasteiger partial charge in [-0.3, -0.25) is 9.69 Å². The van der Waals surface area contributed by atoms with Gasteiger partial charge in [0.05, 0.1) is 18.3 Å². The topological polar surface area (TPSA) is 71.5 Å². The Morgan fingerprint density at radius 3 is 2.85 bits per heavy atom. The summed E-state index contributed by atoms with van der Waals surface area (Å²) in [5.41, 5.74) is 5.84. The maximum Gasteiger partial charge on any atom is 0.236 e. The molecule has 2 atom stereocenters. The van der Waals surface area contributed by atoms with Crippen LogP contribution in [0.5, 0.6) is 0 Å². The fourth-order valence-corrected chi connectivity index (χ4v) is 2.71. The van der Waals surface area contributed by atoms with E-state index in [2.05, 4.69) is 10.2 Å². The van der Waals surface area contributed by atoms with Gasteiger partial charge in [0.1, 0.15) is 5.76 Å². The van der Waals surface area contributed by atoms with Crippen LogP contribution in [-0.2, 0) is 4.79 Å². The first-order chi connectivity index (χ1) is 9.72. The number of hydrogen-bond donors (Lipinski definition) is 2. The van der Waals surface area contributed by atoms with E-state index in [9.17, 15) is 4.79 Å². The van der Waals surface area contributed by atoms with Crippen LogP contribution in [0, 0.1) is 0 Å². The molecule has 0 saturated carbocycles. The van der Waals surface area contributed by atoms with E-state index < -0.39 is 6.04 Å². The Balaban J connectivity index is 1.93. The summed E-state index contributed by atoms with van der Waals surface area (Å²) in [6.07, 6.45) is 5.74. The molecule has 5 nitrogen and oxygen atoms in total. The summed E-state index contributed by atoms with van der Waals surface area (Å²) in [7, 11) is 0. The van der Waals surface area contributed by atoms with E-state index in [4.69, 9.17) is 10.2 Å². The summed E-state index contributed by atoms with van der Waals surface area (Å²) in [6, 6.07) is 3.57. The highest BCUT2D eigenvalue weighted by Crippen LogP contribution is 2.24. The second kappa shape index (κ2) is 7.45. The third-order valence-electron chi connectivity index (χ3n) is 3.86. The van der Waals surface area contributed by atoms with Crippen LogP contribution in [-0.4, -0.2) is 36.5 Å². The van der Waals surface area contributed by atoms with E-state index in [1.165, 1.54) is 12.8 Å². The van der Waals surface area contributed by atoms with Gasteiger partial charge in [-0.2, -0.15) is 0 Å². The summed E-state index contributed by atoms with van der Waals surface area (Å²) in [4.78, 5) is 14.3. The Bertz CT molecular complexity index is 399. The number of furan rings is 1. The maximum atomic E-state index is 11.9. The van der Waals surface area contributed by atoms with Crippen molar-refractivity contribution in [2.75, 3.05) is 19.6 Å². The molecule has 5 heteroatoms. The highest BCUT2D eigenvalue weighted by atomic mass is 16.3. The van der Waals surface area contributed by atoms with Crippen LogP contribution in [0.2, 0.25) is 0 Å². The third kappa shape index (κ3) is 3.84. The molecule has 112 valence electrons. The molecule has 0 aliphatic carbocycles. The SMILES string of the molecule is CCC[C@H](N)C(=O)NCC(c1ccco1)N1CCCC1. The fourth-order valence-electron chi connectivity index (χ4n) is 2.71. The largest absolute Gasteiger partial charge is 0.468 e. The molecule has 1 aromatic rings.